The summed E-state index contributed by atoms with van der Waals surface area (Å²) < 4.78 is 0. The van der Waals surface area contributed by atoms with E-state index in [4.69, 9.17) is 0 Å². The van der Waals surface area contributed by atoms with Crippen LogP contribution in [0, 0.1) is 0 Å². The molecule has 68 valence electrons. The van der Waals surface area contributed by atoms with Gasteiger partial charge >= 0.3 is 0 Å². The van der Waals surface area contributed by atoms with Crippen molar-refractivity contribution in [1.29, 1.82) is 0 Å². The number of quaternary nitrogens is 1. The van der Waals surface area contributed by atoms with E-state index in [-0.39, 0.29) is 17.9 Å². The average molecular weight is 180 g/mol. The SMILES string of the molecule is CC(C)([NH3+])CCCCC=O.[Cl-]. The molecule has 0 aromatic rings. The molecule has 11 heavy (non-hydrogen) atoms. The van der Waals surface area contributed by atoms with Crippen LogP contribution in [0.25, 0.3) is 0 Å². The molecular weight excluding hydrogens is 162 g/mol. The Balaban J connectivity index is 0. The second-order valence-corrected chi connectivity index (χ2v) is 3.58. The van der Waals surface area contributed by atoms with Gasteiger partial charge in [-0.2, -0.15) is 0 Å². The number of carbonyl (C=O) groups excluding carboxylic acids is 1. The molecule has 0 aliphatic heterocycles. The van der Waals surface area contributed by atoms with Crippen LogP contribution in [0.15, 0.2) is 0 Å². The highest BCUT2D eigenvalue weighted by Crippen LogP contribution is 2.07. The third-order valence-corrected chi connectivity index (χ3v) is 1.43. The van der Waals surface area contributed by atoms with Crippen molar-refractivity contribution < 1.29 is 22.9 Å². The molecule has 0 aliphatic rings. The fourth-order valence-corrected chi connectivity index (χ4v) is 0.831. The molecule has 0 amide bonds. The van der Waals surface area contributed by atoms with Gasteiger partial charge in [0.25, 0.3) is 0 Å². The summed E-state index contributed by atoms with van der Waals surface area (Å²) >= 11 is 0. The molecule has 0 radical (unpaired) electrons. The predicted molar refractivity (Wildman–Crippen MR) is 41.5 cm³/mol. The van der Waals surface area contributed by atoms with Crippen LogP contribution in [0.1, 0.15) is 39.5 Å². The van der Waals surface area contributed by atoms with Gasteiger partial charge in [0.1, 0.15) is 6.29 Å². The fraction of sp³-hybridized carbons (Fsp3) is 0.875. The maximum Gasteiger partial charge on any atom is 0.119 e. The molecular formula is C8H18ClNO. The molecule has 0 heterocycles. The van der Waals surface area contributed by atoms with E-state index < -0.39 is 0 Å². The van der Waals surface area contributed by atoms with E-state index in [1.807, 2.05) is 0 Å². The molecule has 0 aromatic heterocycles. The number of rotatable bonds is 5. The van der Waals surface area contributed by atoms with Crippen LogP contribution >= 0.6 is 0 Å². The molecule has 3 N–H and O–H groups in total. The Morgan fingerprint density at radius 3 is 2.27 bits per heavy atom. The average Bonchev–Trinajstić information content (AvgIpc) is 1.78. The lowest BCUT2D eigenvalue weighted by Gasteiger charge is -2.13. The monoisotopic (exact) mass is 179 g/mol. The van der Waals surface area contributed by atoms with E-state index in [2.05, 4.69) is 19.6 Å². The Kier molecular flexibility index (Phi) is 8.13. The Hall–Kier alpha value is -0.0800. The Labute approximate surface area is 74.9 Å². The maximum absolute atomic E-state index is 9.91. The van der Waals surface area contributed by atoms with Crippen molar-refractivity contribution in [2.75, 3.05) is 0 Å². The normalized spacial score (nSPS) is 10.5. The van der Waals surface area contributed by atoms with Gasteiger partial charge in [-0.1, -0.05) is 0 Å². The third kappa shape index (κ3) is 13.0. The summed E-state index contributed by atoms with van der Waals surface area (Å²) in [5, 5.41) is 0. The van der Waals surface area contributed by atoms with Gasteiger partial charge in [0.2, 0.25) is 0 Å². The molecule has 0 bridgehead atoms. The molecule has 0 spiro atoms. The first-order valence-electron chi connectivity index (χ1n) is 3.85. The summed E-state index contributed by atoms with van der Waals surface area (Å²) in [4.78, 5) is 9.91. The second-order valence-electron chi connectivity index (χ2n) is 3.58. The van der Waals surface area contributed by atoms with Crippen molar-refractivity contribution in [1.82, 2.24) is 0 Å². The Bertz CT molecular complexity index is 98.8. The lowest BCUT2D eigenvalue weighted by atomic mass is 9.98. The zero-order valence-corrected chi connectivity index (χ0v) is 8.16. The molecule has 3 heteroatoms. The smallest absolute Gasteiger partial charge is 0.119 e. The standard InChI is InChI=1S/C8H17NO.ClH/c1-8(2,9)6-4-3-5-7-10;/h7H,3-6,9H2,1-2H3;1H. The van der Waals surface area contributed by atoms with Crippen molar-refractivity contribution in [2.45, 2.75) is 45.1 Å². The summed E-state index contributed by atoms with van der Waals surface area (Å²) in [6.45, 7) is 4.24. The molecule has 0 aromatic carbocycles. The van der Waals surface area contributed by atoms with E-state index in [9.17, 15) is 4.79 Å². The Morgan fingerprint density at radius 2 is 1.91 bits per heavy atom. The summed E-state index contributed by atoms with van der Waals surface area (Å²) in [6.07, 6.45) is 4.94. The highest BCUT2D eigenvalue weighted by atomic mass is 35.5. The van der Waals surface area contributed by atoms with Crippen LogP contribution in [0.3, 0.4) is 0 Å². The minimum Gasteiger partial charge on any atom is -1.00 e. The van der Waals surface area contributed by atoms with Crippen LogP contribution in [0.4, 0.5) is 0 Å². The first-order valence-corrected chi connectivity index (χ1v) is 3.85. The lowest BCUT2D eigenvalue weighted by Crippen LogP contribution is -3.00. The summed E-state index contributed by atoms with van der Waals surface area (Å²) in [7, 11) is 0. The van der Waals surface area contributed by atoms with Gasteiger partial charge in [-0.15, -0.1) is 0 Å². The highest BCUT2D eigenvalue weighted by molar-refractivity contribution is 5.48. The van der Waals surface area contributed by atoms with E-state index in [1.54, 1.807) is 0 Å². The van der Waals surface area contributed by atoms with Crippen molar-refractivity contribution >= 4 is 6.29 Å². The van der Waals surface area contributed by atoms with Gasteiger partial charge in [0, 0.05) is 12.8 Å². The van der Waals surface area contributed by atoms with Gasteiger partial charge in [-0.05, 0) is 26.7 Å². The summed E-state index contributed by atoms with van der Waals surface area (Å²) in [5.74, 6) is 0. The Morgan fingerprint density at radius 1 is 1.36 bits per heavy atom. The zero-order chi connectivity index (χ0) is 8.04. The van der Waals surface area contributed by atoms with E-state index in [0.29, 0.717) is 6.42 Å². The van der Waals surface area contributed by atoms with E-state index in [0.717, 1.165) is 25.5 Å². The quantitative estimate of drug-likeness (QED) is 0.377. The number of halogens is 1. The molecule has 0 aliphatic carbocycles. The van der Waals surface area contributed by atoms with E-state index >= 15 is 0 Å². The van der Waals surface area contributed by atoms with Crippen LogP contribution in [-0.4, -0.2) is 11.8 Å². The van der Waals surface area contributed by atoms with Crippen molar-refractivity contribution in [3.05, 3.63) is 0 Å². The van der Waals surface area contributed by atoms with Gasteiger partial charge < -0.3 is 22.9 Å². The lowest BCUT2D eigenvalue weighted by molar-refractivity contribution is -0.467. The largest absolute Gasteiger partial charge is 1.00 e. The molecule has 0 rings (SSSR count). The molecule has 0 fully saturated rings. The van der Waals surface area contributed by atoms with Crippen molar-refractivity contribution in [3.63, 3.8) is 0 Å². The number of aldehydes is 1. The highest BCUT2D eigenvalue weighted by Gasteiger charge is 2.12. The third-order valence-electron chi connectivity index (χ3n) is 1.43. The van der Waals surface area contributed by atoms with Crippen molar-refractivity contribution in [2.24, 2.45) is 0 Å². The second kappa shape index (κ2) is 6.62. The minimum absolute atomic E-state index is 0. The van der Waals surface area contributed by atoms with E-state index in [1.165, 1.54) is 0 Å². The fourth-order valence-electron chi connectivity index (χ4n) is 0.831. The zero-order valence-electron chi connectivity index (χ0n) is 7.40. The van der Waals surface area contributed by atoms with Crippen LogP contribution in [0.2, 0.25) is 0 Å². The summed E-state index contributed by atoms with van der Waals surface area (Å²) in [5.41, 5.74) is 4.16. The molecule has 0 saturated heterocycles. The summed E-state index contributed by atoms with van der Waals surface area (Å²) in [6, 6.07) is 0. The van der Waals surface area contributed by atoms with Crippen LogP contribution < -0.4 is 18.1 Å². The number of hydrogen-bond donors (Lipinski definition) is 1. The number of carbonyl (C=O) groups is 1. The van der Waals surface area contributed by atoms with Gasteiger partial charge in [0.15, 0.2) is 0 Å². The predicted octanol–water partition coefficient (Wildman–Crippen LogP) is -2.23. The minimum atomic E-state index is 0. The first kappa shape index (κ1) is 13.5. The molecule has 0 atom stereocenters. The first-order chi connectivity index (χ1) is 4.56. The maximum atomic E-state index is 9.91. The molecule has 0 unspecified atom stereocenters. The van der Waals surface area contributed by atoms with Gasteiger partial charge in [0.05, 0.1) is 5.54 Å². The van der Waals surface area contributed by atoms with Crippen LogP contribution in [0.5, 0.6) is 0 Å². The van der Waals surface area contributed by atoms with Crippen molar-refractivity contribution in [3.8, 4) is 0 Å². The van der Waals surface area contributed by atoms with Gasteiger partial charge in [-0.25, -0.2) is 0 Å². The molecule has 0 saturated carbocycles. The van der Waals surface area contributed by atoms with Gasteiger partial charge in [-0.3, -0.25) is 0 Å². The number of hydrogen-bond acceptors (Lipinski definition) is 1. The topological polar surface area (TPSA) is 44.7 Å². The molecule has 2 nitrogen and oxygen atoms in total. The van der Waals surface area contributed by atoms with Crippen LogP contribution in [-0.2, 0) is 4.79 Å². The number of unbranched alkanes of at least 4 members (excludes halogenated alkanes) is 2.